The third-order valence-electron chi connectivity index (χ3n) is 7.25. The van der Waals surface area contributed by atoms with Crippen molar-refractivity contribution in [3.05, 3.63) is 58.9 Å². The average molecular weight is 574 g/mol. The zero-order valence-corrected chi connectivity index (χ0v) is 21.7. The smallest absolute Gasteiger partial charge is 0.395 e. The van der Waals surface area contributed by atoms with Crippen LogP contribution in [0.3, 0.4) is 0 Å². The van der Waals surface area contributed by atoms with Crippen molar-refractivity contribution in [1.82, 2.24) is 10.2 Å². The number of hydrogen-bond acceptors (Lipinski definition) is 7. The second-order valence-corrected chi connectivity index (χ2v) is 12.0. The highest BCUT2D eigenvalue weighted by Crippen LogP contribution is 2.58. The van der Waals surface area contributed by atoms with Gasteiger partial charge in [-0.3, -0.25) is 9.59 Å². The molecule has 1 heterocycles. The van der Waals surface area contributed by atoms with Crippen molar-refractivity contribution in [2.45, 2.75) is 48.6 Å². The normalized spacial score (nSPS) is 23.2. The fourth-order valence-corrected chi connectivity index (χ4v) is 5.69. The van der Waals surface area contributed by atoms with Gasteiger partial charge in [0, 0.05) is 29.6 Å². The first-order valence-corrected chi connectivity index (χ1v) is 13.8. The Morgan fingerprint density at radius 3 is 2.49 bits per heavy atom. The first-order valence-electron chi connectivity index (χ1n) is 12.0. The van der Waals surface area contributed by atoms with Crippen LogP contribution >= 0.6 is 0 Å². The highest BCUT2D eigenvalue weighted by Gasteiger charge is 2.65. The second kappa shape index (κ2) is 10.1. The molecule has 1 saturated carbocycles. The van der Waals surface area contributed by atoms with Crippen molar-refractivity contribution < 1.29 is 45.8 Å². The maximum atomic E-state index is 14.3. The number of alkyl halides is 3. The Morgan fingerprint density at radius 2 is 1.90 bits per heavy atom. The lowest BCUT2D eigenvalue weighted by molar-refractivity contribution is -0.138. The molecule has 14 heteroatoms. The van der Waals surface area contributed by atoms with Crippen LogP contribution in [0.4, 0.5) is 23.2 Å². The number of nitrogens with one attached hydrogen (secondary N) is 2. The molecule has 4 N–H and O–H groups in total. The van der Waals surface area contributed by atoms with Gasteiger partial charge in [0.15, 0.2) is 16.1 Å². The average Bonchev–Trinajstić information content (AvgIpc) is 3.40. The van der Waals surface area contributed by atoms with Crippen molar-refractivity contribution >= 4 is 27.3 Å². The van der Waals surface area contributed by atoms with Crippen molar-refractivity contribution in [2.24, 2.45) is 5.92 Å². The second-order valence-electron chi connectivity index (χ2n) is 9.96. The van der Waals surface area contributed by atoms with Crippen molar-refractivity contribution in [3.63, 3.8) is 0 Å². The summed E-state index contributed by atoms with van der Waals surface area (Å²) in [4.78, 5) is 28.2. The molecule has 4 atom stereocenters. The number of sulfone groups is 1. The minimum absolute atomic E-state index is 0.0488. The Morgan fingerprint density at radius 1 is 1.21 bits per heavy atom. The minimum atomic E-state index is -4.80. The summed E-state index contributed by atoms with van der Waals surface area (Å²) in [5.41, 5.74) is -2.39. The van der Waals surface area contributed by atoms with E-state index in [2.05, 4.69) is 10.6 Å². The molecule has 0 aromatic heterocycles. The van der Waals surface area contributed by atoms with Gasteiger partial charge in [0.2, 0.25) is 5.91 Å². The van der Waals surface area contributed by atoms with Gasteiger partial charge in [-0.1, -0.05) is 6.07 Å². The van der Waals surface area contributed by atoms with Crippen LogP contribution < -0.4 is 10.6 Å². The molecule has 1 aliphatic heterocycles. The van der Waals surface area contributed by atoms with Crippen LogP contribution in [0.15, 0.2) is 41.3 Å². The maximum Gasteiger partial charge on any atom is 0.416 e. The minimum Gasteiger partial charge on any atom is -0.395 e. The van der Waals surface area contributed by atoms with Crippen molar-refractivity contribution in [3.8, 4) is 0 Å². The quantitative estimate of drug-likeness (QED) is 0.281. The zero-order chi connectivity index (χ0) is 28.9. The van der Waals surface area contributed by atoms with Crippen LogP contribution in [0, 0.1) is 11.7 Å². The van der Waals surface area contributed by atoms with Crippen molar-refractivity contribution in [2.75, 3.05) is 24.7 Å². The molecule has 1 saturated heterocycles. The number of benzene rings is 2. The molecule has 2 amide bonds. The molecule has 0 spiro atoms. The van der Waals surface area contributed by atoms with E-state index in [0.29, 0.717) is 12.5 Å². The Labute approximate surface area is 221 Å². The van der Waals surface area contributed by atoms with Gasteiger partial charge in [-0.25, -0.2) is 12.8 Å². The third-order valence-corrected chi connectivity index (χ3v) is 8.36. The van der Waals surface area contributed by atoms with Crippen LogP contribution in [-0.2, 0) is 20.8 Å². The van der Waals surface area contributed by atoms with E-state index in [-0.39, 0.29) is 47.7 Å². The van der Waals surface area contributed by atoms with Gasteiger partial charge in [0.05, 0.1) is 22.6 Å². The number of piperidine rings is 1. The predicted octanol–water partition coefficient (Wildman–Crippen LogP) is 2.45. The molecule has 1 aliphatic carbocycles. The van der Waals surface area contributed by atoms with Gasteiger partial charge in [0.25, 0.3) is 5.91 Å². The number of fused-ring (bicyclic) bond motifs is 1. The highest BCUT2D eigenvalue weighted by atomic mass is 32.2. The van der Waals surface area contributed by atoms with Gasteiger partial charge >= 0.3 is 6.18 Å². The number of carbonyl (C=O) groups excluding carboxylic acids is 2. The van der Waals surface area contributed by atoms with E-state index in [0.717, 1.165) is 12.3 Å². The summed E-state index contributed by atoms with van der Waals surface area (Å²) in [6.45, 7) is 1.55. The lowest BCUT2D eigenvalue weighted by Gasteiger charge is -2.33. The first-order chi connectivity index (χ1) is 18.1. The molecule has 2 aromatic rings. The summed E-state index contributed by atoms with van der Waals surface area (Å²) in [6, 6.07) is 4.24. The van der Waals surface area contributed by atoms with E-state index in [1.165, 1.54) is 23.1 Å². The summed E-state index contributed by atoms with van der Waals surface area (Å²) in [5.74, 6) is -2.96. The number of nitrogens with zero attached hydrogens (tertiary/aromatic N) is 1. The van der Waals surface area contributed by atoms with Gasteiger partial charge < -0.3 is 25.7 Å². The number of aliphatic hydroxyl groups is 2. The summed E-state index contributed by atoms with van der Waals surface area (Å²) in [5, 5.41) is 24.6. The molecule has 39 heavy (non-hydrogen) atoms. The summed E-state index contributed by atoms with van der Waals surface area (Å²) in [7, 11) is -3.70. The molecule has 2 aliphatic rings. The Balaban J connectivity index is 1.62. The standard InChI is InChI=1S/C25H27F4N3O6S/c1-24-12-14(24)10-20(22(35)31-21(34)16-5-3-13(9-18(16)26)25(27,28)29)32(24)23(36)17-11-15(39(2,37)38)4-6-19(17)30-7-8-33/h3-6,9,11,14,20-21,30,33-34H,7-8,10,12H2,1-2H3,(H,31,35)/t14-,20+,21+,24+/m0/s1. The van der Waals surface area contributed by atoms with Crippen molar-refractivity contribution in [1.29, 1.82) is 0 Å². The molecule has 2 fully saturated rings. The van der Waals surface area contributed by atoms with E-state index in [1.54, 1.807) is 6.92 Å². The number of halogens is 4. The lowest BCUT2D eigenvalue weighted by Crippen LogP contribution is -2.51. The SMILES string of the molecule is C[C@@]12C[C@@H]1C[C@H](C(=O)N[C@H](O)c1ccc(C(F)(F)F)cc1F)N2C(=O)c1cc(S(C)(=O)=O)ccc1NCCO. The largest absolute Gasteiger partial charge is 0.416 e. The number of hydrogen-bond donors (Lipinski definition) is 4. The summed E-state index contributed by atoms with van der Waals surface area (Å²) < 4.78 is 77.2. The van der Waals surface area contributed by atoms with Crippen LogP contribution in [0.1, 0.15) is 47.5 Å². The lowest BCUT2D eigenvalue weighted by atomic mass is 10.1. The molecule has 0 radical (unpaired) electrons. The zero-order valence-electron chi connectivity index (χ0n) is 20.9. The highest BCUT2D eigenvalue weighted by molar-refractivity contribution is 7.90. The maximum absolute atomic E-state index is 14.3. The molecular weight excluding hydrogens is 546 g/mol. The van der Waals surface area contributed by atoms with Gasteiger partial charge in [-0.15, -0.1) is 0 Å². The van der Waals surface area contributed by atoms with E-state index >= 15 is 0 Å². The number of aliphatic hydroxyl groups excluding tert-OH is 2. The van der Waals surface area contributed by atoms with E-state index in [9.17, 15) is 45.8 Å². The topological polar surface area (TPSA) is 136 Å². The monoisotopic (exact) mass is 573 g/mol. The molecule has 2 aromatic carbocycles. The number of carbonyl (C=O) groups is 2. The Hall–Kier alpha value is -3.23. The number of likely N-dealkylation sites (tertiary alicyclic amines) is 1. The number of rotatable bonds is 8. The van der Waals surface area contributed by atoms with Gasteiger partial charge in [0.1, 0.15) is 11.9 Å². The molecule has 0 unspecified atom stereocenters. The number of anilines is 1. The van der Waals surface area contributed by atoms with E-state index < -0.39 is 62.6 Å². The predicted molar refractivity (Wildman–Crippen MR) is 131 cm³/mol. The third kappa shape index (κ3) is 5.58. The molecule has 9 nitrogen and oxygen atoms in total. The van der Waals surface area contributed by atoms with Crippen LogP contribution in [0.2, 0.25) is 0 Å². The summed E-state index contributed by atoms with van der Waals surface area (Å²) in [6.07, 6.45) is -5.03. The van der Waals surface area contributed by atoms with Gasteiger partial charge in [-0.05, 0) is 56.0 Å². The van der Waals surface area contributed by atoms with Crippen LogP contribution in [-0.4, -0.2) is 66.3 Å². The first kappa shape index (κ1) is 28.8. The molecular formula is C25H27F4N3O6S. The van der Waals surface area contributed by atoms with E-state index in [1.807, 2.05) is 0 Å². The van der Waals surface area contributed by atoms with Gasteiger partial charge in [-0.2, -0.15) is 13.2 Å². The molecule has 212 valence electrons. The van der Waals surface area contributed by atoms with E-state index in [4.69, 9.17) is 0 Å². The fraction of sp³-hybridized carbons (Fsp3) is 0.440. The molecule has 0 bridgehead atoms. The summed E-state index contributed by atoms with van der Waals surface area (Å²) >= 11 is 0. The Bertz CT molecular complexity index is 1420. The Kier molecular flexibility index (Phi) is 7.42. The fourth-order valence-electron chi connectivity index (χ4n) is 5.04. The van der Waals surface area contributed by atoms with Crippen LogP contribution in [0.5, 0.6) is 0 Å². The molecule has 4 rings (SSSR count). The number of amides is 2. The van der Waals surface area contributed by atoms with Crippen LogP contribution in [0.25, 0.3) is 0 Å².